The fraction of sp³-hybridized carbons (Fsp3) is 0.846. The average molecular weight is 255 g/mol. The van der Waals surface area contributed by atoms with Gasteiger partial charge in [-0.15, -0.1) is 0 Å². The van der Waals surface area contributed by atoms with Gasteiger partial charge in [0.15, 0.2) is 0 Å². The van der Waals surface area contributed by atoms with E-state index in [1.165, 1.54) is 0 Å². The van der Waals surface area contributed by atoms with Gasteiger partial charge in [0.25, 0.3) is 0 Å². The molecule has 0 saturated heterocycles. The molecular formula is C13H25N3O2. The quantitative estimate of drug-likeness (QED) is 0.685. The second-order valence-electron chi connectivity index (χ2n) is 6.30. The summed E-state index contributed by atoms with van der Waals surface area (Å²) in [6, 6.07) is -0.382. The van der Waals surface area contributed by atoms with E-state index < -0.39 is 6.04 Å². The number of rotatable bonds is 3. The Kier molecular flexibility index (Phi) is 4.73. The molecule has 1 saturated carbocycles. The summed E-state index contributed by atoms with van der Waals surface area (Å²) in [5.41, 5.74) is 10.9. The predicted octanol–water partition coefficient (Wildman–Crippen LogP) is 0.520. The molecule has 0 aromatic rings. The number of primary amides is 1. The molecule has 1 fully saturated rings. The van der Waals surface area contributed by atoms with Crippen molar-refractivity contribution >= 4 is 11.8 Å². The lowest BCUT2D eigenvalue weighted by Gasteiger charge is -2.31. The van der Waals surface area contributed by atoms with E-state index in [9.17, 15) is 9.59 Å². The molecule has 0 aromatic carbocycles. The lowest BCUT2D eigenvalue weighted by atomic mass is 9.84. The van der Waals surface area contributed by atoms with Gasteiger partial charge in [0.1, 0.15) is 0 Å². The van der Waals surface area contributed by atoms with Crippen LogP contribution in [0.2, 0.25) is 0 Å². The van der Waals surface area contributed by atoms with Crippen LogP contribution in [0.3, 0.4) is 0 Å². The topological polar surface area (TPSA) is 98.2 Å². The van der Waals surface area contributed by atoms with E-state index in [2.05, 4.69) is 5.32 Å². The van der Waals surface area contributed by atoms with Gasteiger partial charge < -0.3 is 16.8 Å². The molecule has 0 radical (unpaired) electrons. The zero-order chi connectivity index (χ0) is 13.9. The van der Waals surface area contributed by atoms with Gasteiger partial charge in [-0.1, -0.05) is 20.8 Å². The Morgan fingerprint density at radius 3 is 2.06 bits per heavy atom. The average Bonchev–Trinajstić information content (AvgIpc) is 2.27. The highest BCUT2D eigenvalue weighted by Gasteiger charge is 2.31. The third-order valence-electron chi connectivity index (χ3n) is 3.69. The third kappa shape index (κ3) is 3.98. The molecular weight excluding hydrogens is 230 g/mol. The van der Waals surface area contributed by atoms with Crippen molar-refractivity contribution in [2.45, 2.75) is 58.5 Å². The number of amides is 2. The number of nitrogens with two attached hydrogens (primary N) is 2. The van der Waals surface area contributed by atoms with Crippen LogP contribution >= 0.6 is 0 Å². The number of hydrogen-bond acceptors (Lipinski definition) is 3. The minimum Gasteiger partial charge on any atom is -0.369 e. The summed E-state index contributed by atoms with van der Waals surface area (Å²) < 4.78 is 0. The van der Waals surface area contributed by atoms with Crippen molar-refractivity contribution in [3.05, 3.63) is 0 Å². The molecule has 5 N–H and O–H groups in total. The maximum Gasteiger partial charge on any atom is 0.237 e. The van der Waals surface area contributed by atoms with Crippen LogP contribution in [0.25, 0.3) is 0 Å². The van der Waals surface area contributed by atoms with Crippen molar-refractivity contribution in [2.75, 3.05) is 0 Å². The molecule has 2 amide bonds. The molecule has 18 heavy (non-hydrogen) atoms. The largest absolute Gasteiger partial charge is 0.369 e. The van der Waals surface area contributed by atoms with Crippen molar-refractivity contribution in [3.8, 4) is 0 Å². The second kappa shape index (κ2) is 5.69. The number of carbonyl (C=O) groups excluding carboxylic acids is 2. The Morgan fingerprint density at radius 1 is 1.17 bits per heavy atom. The van der Waals surface area contributed by atoms with Crippen LogP contribution in [0, 0.1) is 11.3 Å². The monoisotopic (exact) mass is 255 g/mol. The highest BCUT2D eigenvalue weighted by atomic mass is 16.2. The van der Waals surface area contributed by atoms with Crippen LogP contribution in [0.1, 0.15) is 46.5 Å². The van der Waals surface area contributed by atoms with E-state index >= 15 is 0 Å². The van der Waals surface area contributed by atoms with E-state index in [1.54, 1.807) is 0 Å². The Hall–Kier alpha value is -1.10. The van der Waals surface area contributed by atoms with Gasteiger partial charge in [-0.05, 0) is 31.1 Å². The summed E-state index contributed by atoms with van der Waals surface area (Å²) in [4.78, 5) is 23.0. The molecule has 1 atom stereocenters. The highest BCUT2D eigenvalue weighted by molar-refractivity contribution is 5.82. The van der Waals surface area contributed by atoms with Gasteiger partial charge >= 0.3 is 0 Å². The predicted molar refractivity (Wildman–Crippen MR) is 70.5 cm³/mol. The van der Waals surface area contributed by atoms with E-state index in [-0.39, 0.29) is 29.2 Å². The minimum atomic E-state index is -0.508. The van der Waals surface area contributed by atoms with E-state index in [4.69, 9.17) is 11.5 Å². The summed E-state index contributed by atoms with van der Waals surface area (Å²) in [7, 11) is 0. The van der Waals surface area contributed by atoms with Gasteiger partial charge in [-0.3, -0.25) is 9.59 Å². The summed E-state index contributed by atoms with van der Waals surface area (Å²) in [6.45, 7) is 5.84. The molecule has 0 heterocycles. The zero-order valence-electron chi connectivity index (χ0n) is 11.5. The van der Waals surface area contributed by atoms with Crippen molar-refractivity contribution in [2.24, 2.45) is 22.8 Å². The van der Waals surface area contributed by atoms with Crippen molar-refractivity contribution in [1.82, 2.24) is 5.32 Å². The van der Waals surface area contributed by atoms with Crippen LogP contribution in [0.4, 0.5) is 0 Å². The summed E-state index contributed by atoms with van der Waals surface area (Å²) in [6.07, 6.45) is 3.11. The summed E-state index contributed by atoms with van der Waals surface area (Å²) in [5.74, 6) is -0.370. The second-order valence-corrected chi connectivity index (χ2v) is 6.30. The van der Waals surface area contributed by atoms with Crippen LogP contribution in [0.5, 0.6) is 0 Å². The molecule has 5 heteroatoms. The van der Waals surface area contributed by atoms with Crippen LogP contribution < -0.4 is 16.8 Å². The van der Waals surface area contributed by atoms with Gasteiger partial charge in [0.2, 0.25) is 11.8 Å². The lowest BCUT2D eigenvalue weighted by Crippen LogP contribution is -2.52. The normalized spacial score (nSPS) is 26.4. The lowest BCUT2D eigenvalue weighted by molar-refractivity contribution is -0.125. The number of nitrogens with one attached hydrogen (secondary N) is 1. The maximum absolute atomic E-state index is 11.9. The van der Waals surface area contributed by atoms with Gasteiger partial charge in [0, 0.05) is 12.0 Å². The van der Waals surface area contributed by atoms with E-state index in [1.807, 2.05) is 20.8 Å². The van der Waals surface area contributed by atoms with Gasteiger partial charge in [-0.25, -0.2) is 0 Å². The Morgan fingerprint density at radius 2 is 1.67 bits per heavy atom. The minimum absolute atomic E-state index is 0.0329. The molecule has 0 spiro atoms. The van der Waals surface area contributed by atoms with Crippen LogP contribution in [-0.2, 0) is 9.59 Å². The SMILES string of the molecule is CC(C)(C)[C@@H](N)C(=O)NC1CCC(C(N)=O)CC1. The van der Waals surface area contributed by atoms with E-state index in [0.29, 0.717) is 0 Å². The van der Waals surface area contributed by atoms with Crippen molar-refractivity contribution in [1.29, 1.82) is 0 Å². The Balaban J connectivity index is 2.42. The maximum atomic E-state index is 11.9. The molecule has 1 aliphatic rings. The first kappa shape index (κ1) is 15.0. The molecule has 0 bridgehead atoms. The first-order valence-corrected chi connectivity index (χ1v) is 6.57. The molecule has 5 nitrogen and oxygen atoms in total. The van der Waals surface area contributed by atoms with Crippen molar-refractivity contribution in [3.63, 3.8) is 0 Å². The van der Waals surface area contributed by atoms with Crippen molar-refractivity contribution < 1.29 is 9.59 Å². The smallest absolute Gasteiger partial charge is 0.237 e. The summed E-state index contributed by atoms with van der Waals surface area (Å²) >= 11 is 0. The Bertz CT molecular complexity index is 315. The standard InChI is InChI=1S/C13H25N3O2/c1-13(2,3)10(14)12(18)16-9-6-4-8(5-7-9)11(15)17/h8-10H,4-7,14H2,1-3H3,(H2,15,17)(H,16,18)/t8?,9?,10-/m0/s1. The molecule has 0 aromatic heterocycles. The molecule has 104 valence electrons. The van der Waals surface area contributed by atoms with Gasteiger partial charge in [-0.2, -0.15) is 0 Å². The fourth-order valence-electron chi connectivity index (χ4n) is 2.21. The van der Waals surface area contributed by atoms with Crippen LogP contribution in [0.15, 0.2) is 0 Å². The fourth-order valence-corrected chi connectivity index (χ4v) is 2.21. The molecule has 1 rings (SSSR count). The third-order valence-corrected chi connectivity index (χ3v) is 3.69. The first-order valence-electron chi connectivity index (χ1n) is 6.57. The van der Waals surface area contributed by atoms with E-state index in [0.717, 1.165) is 25.7 Å². The van der Waals surface area contributed by atoms with Crippen LogP contribution in [-0.4, -0.2) is 23.9 Å². The summed E-state index contributed by atoms with van der Waals surface area (Å²) in [5, 5.41) is 2.97. The Labute approximate surface area is 109 Å². The first-order chi connectivity index (χ1) is 8.21. The highest BCUT2D eigenvalue weighted by Crippen LogP contribution is 2.24. The molecule has 1 aliphatic carbocycles. The molecule has 0 unspecified atom stereocenters. The molecule has 0 aliphatic heterocycles. The van der Waals surface area contributed by atoms with Gasteiger partial charge in [0.05, 0.1) is 6.04 Å². The number of hydrogen-bond donors (Lipinski definition) is 3. The number of carbonyl (C=O) groups is 2. The zero-order valence-corrected chi connectivity index (χ0v) is 11.5.